The maximum Gasteiger partial charge on any atom is 0.338 e. The molecule has 0 radical (unpaired) electrons. The number of urea groups is 1. The van der Waals surface area contributed by atoms with E-state index in [1.165, 1.54) is 32.0 Å². The van der Waals surface area contributed by atoms with Crippen LogP contribution in [0.5, 0.6) is 0 Å². The first-order valence-electron chi connectivity index (χ1n) is 9.59. The number of anilines is 3. The first-order valence-corrected chi connectivity index (χ1v) is 9.59. The number of nitrogens with one attached hydrogen (secondary N) is 4. The summed E-state index contributed by atoms with van der Waals surface area (Å²) < 4.78 is 4.94. The SMILES string of the molecule is CC(=O)Nc1cc(NC(C)=O)cc(C(=O)OCC(=O)NC(=O)Nc2ccc(C)c(C)c2)c1. The first kappa shape index (κ1) is 24.1. The van der Waals surface area contributed by atoms with Crippen molar-refractivity contribution in [2.45, 2.75) is 27.7 Å². The Kier molecular flexibility index (Phi) is 8.05. The highest BCUT2D eigenvalue weighted by atomic mass is 16.5. The third kappa shape index (κ3) is 7.56. The molecule has 2 aromatic rings. The normalized spacial score (nSPS) is 10.0. The predicted octanol–water partition coefficient (Wildman–Crippen LogP) is 2.73. The monoisotopic (exact) mass is 440 g/mol. The highest BCUT2D eigenvalue weighted by molar-refractivity contribution is 6.03. The molecule has 10 heteroatoms. The maximum atomic E-state index is 12.3. The number of ether oxygens (including phenoxy) is 1. The van der Waals surface area contributed by atoms with E-state index >= 15 is 0 Å². The molecule has 0 unspecified atom stereocenters. The second-order valence-electron chi connectivity index (χ2n) is 7.04. The van der Waals surface area contributed by atoms with Gasteiger partial charge in [-0.15, -0.1) is 0 Å². The van der Waals surface area contributed by atoms with Gasteiger partial charge in [-0.1, -0.05) is 6.07 Å². The molecule has 0 saturated heterocycles. The quantitative estimate of drug-likeness (QED) is 0.509. The van der Waals surface area contributed by atoms with Crippen molar-refractivity contribution in [3.05, 3.63) is 53.1 Å². The minimum Gasteiger partial charge on any atom is -0.452 e. The molecule has 5 amide bonds. The van der Waals surface area contributed by atoms with Gasteiger partial charge in [-0.2, -0.15) is 0 Å². The Morgan fingerprint density at radius 1 is 0.750 bits per heavy atom. The average molecular weight is 440 g/mol. The van der Waals surface area contributed by atoms with Crippen LogP contribution in [0.25, 0.3) is 0 Å². The molecule has 0 spiro atoms. The topological polar surface area (TPSA) is 143 Å². The van der Waals surface area contributed by atoms with Gasteiger partial charge in [0, 0.05) is 30.9 Å². The lowest BCUT2D eigenvalue weighted by Crippen LogP contribution is -2.37. The van der Waals surface area contributed by atoms with E-state index in [1.807, 2.05) is 19.9 Å². The van der Waals surface area contributed by atoms with Gasteiger partial charge in [0.15, 0.2) is 6.61 Å². The van der Waals surface area contributed by atoms with E-state index in [4.69, 9.17) is 4.74 Å². The molecular formula is C22H24N4O6. The number of benzene rings is 2. The number of carbonyl (C=O) groups excluding carboxylic acids is 5. The van der Waals surface area contributed by atoms with E-state index in [9.17, 15) is 24.0 Å². The molecule has 2 aromatic carbocycles. The van der Waals surface area contributed by atoms with Gasteiger partial charge in [-0.3, -0.25) is 19.7 Å². The molecule has 168 valence electrons. The Hall–Kier alpha value is -4.21. The van der Waals surface area contributed by atoms with Crippen LogP contribution in [0.3, 0.4) is 0 Å². The Labute approximate surface area is 184 Å². The van der Waals surface area contributed by atoms with Crippen LogP contribution in [0.1, 0.15) is 35.3 Å². The van der Waals surface area contributed by atoms with Gasteiger partial charge in [0.25, 0.3) is 5.91 Å². The van der Waals surface area contributed by atoms with Crippen LogP contribution in [0.15, 0.2) is 36.4 Å². The summed E-state index contributed by atoms with van der Waals surface area (Å²) in [6.07, 6.45) is 0. The number of carbonyl (C=O) groups is 5. The van der Waals surface area contributed by atoms with E-state index in [1.54, 1.807) is 12.1 Å². The summed E-state index contributed by atoms with van der Waals surface area (Å²) in [6, 6.07) is 8.64. The fourth-order valence-corrected chi connectivity index (χ4v) is 2.65. The van der Waals surface area contributed by atoms with Crippen LogP contribution in [-0.2, 0) is 19.1 Å². The molecule has 0 aliphatic heterocycles. The summed E-state index contributed by atoms with van der Waals surface area (Å²) in [7, 11) is 0. The maximum absolute atomic E-state index is 12.3. The van der Waals surface area contributed by atoms with Crippen molar-refractivity contribution < 1.29 is 28.7 Å². The van der Waals surface area contributed by atoms with Gasteiger partial charge < -0.3 is 20.7 Å². The Bertz CT molecular complexity index is 1050. The molecule has 0 fully saturated rings. The second-order valence-corrected chi connectivity index (χ2v) is 7.04. The first-order chi connectivity index (χ1) is 15.0. The van der Waals surface area contributed by atoms with Crippen molar-refractivity contribution in [1.29, 1.82) is 0 Å². The zero-order chi connectivity index (χ0) is 23.8. The largest absolute Gasteiger partial charge is 0.452 e. The number of hydrogen-bond acceptors (Lipinski definition) is 6. The van der Waals surface area contributed by atoms with E-state index < -0.39 is 24.5 Å². The lowest BCUT2D eigenvalue weighted by Gasteiger charge is -2.11. The van der Waals surface area contributed by atoms with Gasteiger partial charge >= 0.3 is 12.0 Å². The van der Waals surface area contributed by atoms with Crippen molar-refractivity contribution in [2.75, 3.05) is 22.6 Å². The number of amides is 5. The van der Waals surface area contributed by atoms with Gasteiger partial charge in [0.1, 0.15) is 0 Å². The lowest BCUT2D eigenvalue weighted by molar-refractivity contribution is -0.123. The highest BCUT2D eigenvalue weighted by Crippen LogP contribution is 2.20. The Morgan fingerprint density at radius 2 is 1.34 bits per heavy atom. The van der Waals surface area contributed by atoms with Crippen LogP contribution in [0.2, 0.25) is 0 Å². The number of esters is 1. The van der Waals surface area contributed by atoms with E-state index in [0.717, 1.165) is 11.1 Å². The molecule has 0 atom stereocenters. The third-order valence-corrected chi connectivity index (χ3v) is 4.16. The van der Waals surface area contributed by atoms with Crippen molar-refractivity contribution in [1.82, 2.24) is 5.32 Å². The molecule has 4 N–H and O–H groups in total. The standard InChI is InChI=1S/C22H24N4O6/c1-12-5-6-17(7-13(12)2)25-22(31)26-20(29)11-32-21(30)16-8-18(23-14(3)27)10-19(9-16)24-15(4)28/h5-10H,11H2,1-4H3,(H,23,27)(H,24,28)(H2,25,26,29,31). The molecule has 0 aromatic heterocycles. The van der Waals surface area contributed by atoms with Crippen LogP contribution in [-0.4, -0.2) is 36.3 Å². The van der Waals surface area contributed by atoms with Crippen LogP contribution in [0.4, 0.5) is 21.9 Å². The van der Waals surface area contributed by atoms with Gasteiger partial charge in [-0.05, 0) is 55.3 Å². The summed E-state index contributed by atoms with van der Waals surface area (Å²) in [6.45, 7) is 5.69. The number of hydrogen-bond donors (Lipinski definition) is 4. The molecular weight excluding hydrogens is 416 g/mol. The summed E-state index contributed by atoms with van der Waals surface area (Å²) in [5.74, 6) is -2.47. The zero-order valence-corrected chi connectivity index (χ0v) is 18.1. The molecule has 0 saturated carbocycles. The molecule has 2 rings (SSSR count). The lowest BCUT2D eigenvalue weighted by atomic mass is 10.1. The second kappa shape index (κ2) is 10.7. The molecule has 32 heavy (non-hydrogen) atoms. The zero-order valence-electron chi connectivity index (χ0n) is 18.1. The smallest absolute Gasteiger partial charge is 0.338 e. The number of rotatable bonds is 6. The molecule has 0 bridgehead atoms. The Morgan fingerprint density at radius 3 is 1.88 bits per heavy atom. The molecule has 0 heterocycles. The molecule has 10 nitrogen and oxygen atoms in total. The minimum atomic E-state index is -0.881. The fraction of sp³-hybridized carbons (Fsp3) is 0.227. The summed E-state index contributed by atoms with van der Waals surface area (Å²) in [4.78, 5) is 58.9. The van der Waals surface area contributed by atoms with Gasteiger partial charge in [-0.25, -0.2) is 9.59 Å². The van der Waals surface area contributed by atoms with E-state index in [2.05, 4.69) is 21.3 Å². The highest BCUT2D eigenvalue weighted by Gasteiger charge is 2.15. The molecule has 0 aliphatic rings. The number of imide groups is 1. The van der Waals surface area contributed by atoms with Crippen molar-refractivity contribution in [2.24, 2.45) is 0 Å². The predicted molar refractivity (Wildman–Crippen MR) is 118 cm³/mol. The number of aryl methyl sites for hydroxylation is 2. The van der Waals surface area contributed by atoms with Crippen molar-refractivity contribution in [3.8, 4) is 0 Å². The average Bonchev–Trinajstić information content (AvgIpc) is 2.67. The summed E-state index contributed by atoms with van der Waals surface area (Å²) in [5, 5.41) is 9.59. The molecule has 0 aliphatic carbocycles. The van der Waals surface area contributed by atoms with Crippen LogP contribution >= 0.6 is 0 Å². The third-order valence-electron chi connectivity index (χ3n) is 4.16. The fourth-order valence-electron chi connectivity index (χ4n) is 2.65. The van der Waals surface area contributed by atoms with Crippen LogP contribution in [0, 0.1) is 13.8 Å². The summed E-state index contributed by atoms with van der Waals surface area (Å²) in [5.41, 5.74) is 3.05. The summed E-state index contributed by atoms with van der Waals surface area (Å²) >= 11 is 0. The van der Waals surface area contributed by atoms with E-state index in [0.29, 0.717) is 5.69 Å². The minimum absolute atomic E-state index is 0.00705. The van der Waals surface area contributed by atoms with Gasteiger partial charge in [0.2, 0.25) is 11.8 Å². The van der Waals surface area contributed by atoms with Crippen molar-refractivity contribution >= 4 is 46.8 Å². The van der Waals surface area contributed by atoms with Crippen molar-refractivity contribution in [3.63, 3.8) is 0 Å². The van der Waals surface area contributed by atoms with Crippen LogP contribution < -0.4 is 21.3 Å². The van der Waals surface area contributed by atoms with Gasteiger partial charge in [0.05, 0.1) is 5.56 Å². The van der Waals surface area contributed by atoms with E-state index in [-0.39, 0.29) is 28.8 Å². The Balaban J connectivity index is 1.97.